The summed E-state index contributed by atoms with van der Waals surface area (Å²) in [5.41, 5.74) is 2.44. The third kappa shape index (κ3) is 7.30. The van der Waals surface area contributed by atoms with Crippen LogP contribution in [0.4, 0.5) is 5.00 Å². The molecular formula is C29H36N4O4S2. The van der Waals surface area contributed by atoms with E-state index < -0.39 is 5.97 Å². The van der Waals surface area contributed by atoms with Gasteiger partial charge in [0.2, 0.25) is 5.91 Å². The number of carbonyl (C=O) groups excluding carboxylic acids is 2. The summed E-state index contributed by atoms with van der Waals surface area (Å²) >= 11 is 2.80. The number of ether oxygens (including phenoxy) is 2. The van der Waals surface area contributed by atoms with E-state index in [1.807, 2.05) is 28.8 Å². The highest BCUT2D eigenvalue weighted by atomic mass is 32.2. The normalized spacial score (nSPS) is 13.3. The molecule has 0 fully saturated rings. The molecule has 4 rings (SSSR count). The van der Waals surface area contributed by atoms with Crippen LogP contribution in [0.1, 0.15) is 60.3 Å². The summed E-state index contributed by atoms with van der Waals surface area (Å²) < 4.78 is 12.8. The van der Waals surface area contributed by atoms with E-state index in [2.05, 4.69) is 35.9 Å². The first-order valence-corrected chi connectivity index (χ1v) is 15.1. The number of methoxy groups -OCH3 is 1. The molecule has 0 saturated carbocycles. The van der Waals surface area contributed by atoms with Crippen molar-refractivity contribution in [1.82, 2.24) is 14.8 Å². The van der Waals surface area contributed by atoms with E-state index in [0.29, 0.717) is 40.6 Å². The van der Waals surface area contributed by atoms with Gasteiger partial charge in [0.05, 0.1) is 25.0 Å². The molecule has 0 aliphatic heterocycles. The quantitative estimate of drug-likeness (QED) is 0.162. The first kappa shape index (κ1) is 28.9. The van der Waals surface area contributed by atoms with Crippen LogP contribution in [0.15, 0.2) is 42.1 Å². The summed E-state index contributed by atoms with van der Waals surface area (Å²) in [6, 6.07) is 7.76. The molecule has 2 heterocycles. The van der Waals surface area contributed by atoms with Crippen LogP contribution in [0.5, 0.6) is 5.75 Å². The minimum Gasteiger partial charge on any atom is -0.493 e. The van der Waals surface area contributed by atoms with E-state index >= 15 is 0 Å². The van der Waals surface area contributed by atoms with Crippen molar-refractivity contribution < 1.29 is 19.1 Å². The molecule has 0 unspecified atom stereocenters. The number of nitrogens with zero attached hydrogens (tertiary/aromatic N) is 3. The third-order valence-corrected chi connectivity index (χ3v) is 8.54. The highest BCUT2D eigenvalue weighted by Gasteiger charge is 2.26. The first-order chi connectivity index (χ1) is 18.9. The molecule has 208 valence electrons. The molecule has 39 heavy (non-hydrogen) atoms. The lowest BCUT2D eigenvalue weighted by atomic mass is 9.96. The number of fused-ring (bicyclic) bond motifs is 1. The van der Waals surface area contributed by atoms with Gasteiger partial charge in [-0.15, -0.1) is 28.1 Å². The Balaban J connectivity index is 1.47. The van der Waals surface area contributed by atoms with Crippen LogP contribution in [-0.4, -0.2) is 46.1 Å². The summed E-state index contributed by atoms with van der Waals surface area (Å²) in [6.45, 7) is 9.25. The molecule has 1 aliphatic rings. The van der Waals surface area contributed by atoms with E-state index in [4.69, 9.17) is 9.47 Å². The molecule has 0 bridgehead atoms. The number of carbonyl (C=O) groups is 2. The molecule has 8 nitrogen and oxygen atoms in total. The van der Waals surface area contributed by atoms with Crippen LogP contribution >= 0.6 is 23.1 Å². The van der Waals surface area contributed by atoms with Gasteiger partial charge in [-0.05, 0) is 61.4 Å². The fourth-order valence-electron chi connectivity index (χ4n) is 4.48. The SMILES string of the molecule is C=CCn1c(SCC(=O)Nc2sc3c(c2C(=O)OC)CCCCCC3)nnc1-c1ccc(OCC(C)C)cc1. The Morgan fingerprint density at radius 3 is 2.59 bits per heavy atom. The van der Waals surface area contributed by atoms with Gasteiger partial charge >= 0.3 is 5.97 Å². The lowest BCUT2D eigenvalue weighted by Gasteiger charge is -2.11. The molecule has 1 aliphatic carbocycles. The zero-order valence-electron chi connectivity index (χ0n) is 22.8. The Labute approximate surface area is 238 Å². The Hall–Kier alpha value is -3.11. The van der Waals surface area contributed by atoms with Crippen molar-refractivity contribution in [3.05, 3.63) is 52.9 Å². The Morgan fingerprint density at radius 1 is 1.15 bits per heavy atom. The third-order valence-electron chi connectivity index (χ3n) is 6.37. The van der Waals surface area contributed by atoms with Crippen LogP contribution in [0.3, 0.4) is 0 Å². The van der Waals surface area contributed by atoms with Gasteiger partial charge in [0.25, 0.3) is 0 Å². The number of nitrogens with one attached hydrogen (secondary N) is 1. The van der Waals surface area contributed by atoms with E-state index in [1.54, 1.807) is 6.08 Å². The van der Waals surface area contributed by atoms with Crippen LogP contribution in [-0.2, 0) is 28.9 Å². The highest BCUT2D eigenvalue weighted by Crippen LogP contribution is 2.38. The van der Waals surface area contributed by atoms with E-state index in [0.717, 1.165) is 49.0 Å². The number of benzene rings is 1. The number of esters is 1. The maximum Gasteiger partial charge on any atom is 0.341 e. The van der Waals surface area contributed by atoms with Crippen LogP contribution in [0.2, 0.25) is 0 Å². The first-order valence-electron chi connectivity index (χ1n) is 13.3. The van der Waals surface area contributed by atoms with Gasteiger partial charge < -0.3 is 14.8 Å². The molecule has 0 atom stereocenters. The monoisotopic (exact) mass is 568 g/mol. The van der Waals surface area contributed by atoms with Crippen molar-refractivity contribution in [3.8, 4) is 17.1 Å². The summed E-state index contributed by atoms with van der Waals surface area (Å²) in [7, 11) is 1.38. The number of hydrogen-bond donors (Lipinski definition) is 1. The number of amides is 1. The zero-order valence-corrected chi connectivity index (χ0v) is 24.5. The number of thioether (sulfide) groups is 1. The van der Waals surface area contributed by atoms with E-state index in [9.17, 15) is 9.59 Å². The fourth-order valence-corrected chi connectivity index (χ4v) is 6.53. The van der Waals surface area contributed by atoms with E-state index in [1.165, 1.54) is 41.5 Å². The van der Waals surface area contributed by atoms with Gasteiger partial charge in [-0.1, -0.05) is 44.5 Å². The van der Waals surface area contributed by atoms with Crippen LogP contribution in [0.25, 0.3) is 11.4 Å². The second kappa shape index (κ2) is 13.8. The van der Waals surface area contributed by atoms with Crippen molar-refractivity contribution in [2.24, 2.45) is 5.92 Å². The van der Waals surface area contributed by atoms with Gasteiger partial charge in [-0.2, -0.15) is 0 Å². The predicted molar refractivity (Wildman–Crippen MR) is 157 cm³/mol. The minimum atomic E-state index is -0.396. The van der Waals surface area contributed by atoms with Gasteiger partial charge in [0, 0.05) is 17.0 Å². The molecular weight excluding hydrogens is 532 g/mol. The Kier molecular flexibility index (Phi) is 10.2. The van der Waals surface area contributed by atoms with Crippen molar-refractivity contribution in [1.29, 1.82) is 0 Å². The van der Waals surface area contributed by atoms with Crippen molar-refractivity contribution in [3.63, 3.8) is 0 Å². The fraction of sp³-hybridized carbons (Fsp3) is 0.448. The van der Waals surface area contributed by atoms with E-state index in [-0.39, 0.29) is 11.7 Å². The van der Waals surface area contributed by atoms with Crippen LogP contribution < -0.4 is 10.1 Å². The maximum atomic E-state index is 13.0. The summed E-state index contributed by atoms with van der Waals surface area (Å²) in [5, 5.41) is 12.9. The molecule has 1 aromatic carbocycles. The van der Waals surface area contributed by atoms with Crippen molar-refractivity contribution in [2.75, 3.05) is 24.8 Å². The number of thiophene rings is 1. The largest absolute Gasteiger partial charge is 0.493 e. The molecule has 2 aromatic heterocycles. The summed E-state index contributed by atoms with van der Waals surface area (Å²) in [5.74, 6) is 1.47. The average Bonchev–Trinajstić information content (AvgIpc) is 3.46. The smallest absolute Gasteiger partial charge is 0.341 e. The molecule has 1 N–H and O–H groups in total. The van der Waals surface area contributed by atoms with Gasteiger partial charge in [-0.25, -0.2) is 4.79 Å². The summed E-state index contributed by atoms with van der Waals surface area (Å²) in [6.07, 6.45) is 8.00. The van der Waals surface area contributed by atoms with Gasteiger partial charge in [0.15, 0.2) is 11.0 Å². The minimum absolute atomic E-state index is 0.125. The van der Waals surface area contributed by atoms with Crippen LogP contribution in [0, 0.1) is 5.92 Å². The van der Waals surface area contributed by atoms with Crippen molar-refractivity contribution >= 4 is 40.0 Å². The second-order valence-corrected chi connectivity index (χ2v) is 11.9. The summed E-state index contributed by atoms with van der Waals surface area (Å²) in [4.78, 5) is 26.9. The number of aromatic nitrogens is 3. The second-order valence-electron chi connectivity index (χ2n) is 9.89. The molecule has 3 aromatic rings. The molecule has 10 heteroatoms. The zero-order chi connectivity index (χ0) is 27.8. The highest BCUT2D eigenvalue weighted by molar-refractivity contribution is 7.99. The van der Waals surface area contributed by atoms with Crippen molar-refractivity contribution in [2.45, 2.75) is 64.1 Å². The number of anilines is 1. The molecule has 0 radical (unpaired) electrons. The number of hydrogen-bond acceptors (Lipinski definition) is 8. The number of allylic oxidation sites excluding steroid dienone is 1. The number of aryl methyl sites for hydroxylation is 1. The maximum absolute atomic E-state index is 13.0. The molecule has 0 saturated heterocycles. The predicted octanol–water partition coefficient (Wildman–Crippen LogP) is 6.40. The van der Waals surface area contributed by atoms with Gasteiger partial charge in [0.1, 0.15) is 10.8 Å². The Bertz CT molecular complexity index is 1300. The Morgan fingerprint density at radius 2 is 1.90 bits per heavy atom. The topological polar surface area (TPSA) is 95.3 Å². The molecule has 0 spiro atoms. The standard InChI is InChI=1S/C29H36N4O4S2/c1-5-16-33-26(20-12-14-21(15-13-20)37-17-19(2)3)31-32-29(33)38-18-24(34)30-27-25(28(35)36-4)22-10-8-6-7-9-11-23(22)39-27/h5,12-15,19H,1,6-11,16-18H2,2-4H3,(H,30,34). The number of rotatable bonds is 11. The molecule has 1 amide bonds. The lowest BCUT2D eigenvalue weighted by Crippen LogP contribution is -2.17. The lowest BCUT2D eigenvalue weighted by molar-refractivity contribution is -0.113. The van der Waals surface area contributed by atoms with Gasteiger partial charge in [-0.3, -0.25) is 9.36 Å². The average molecular weight is 569 g/mol.